The first-order valence-electron chi connectivity index (χ1n) is 14.5. The molecule has 0 aliphatic rings. The van der Waals surface area contributed by atoms with Gasteiger partial charge in [-0.3, -0.25) is 10.1 Å². The van der Waals surface area contributed by atoms with Gasteiger partial charge in [0, 0.05) is 27.9 Å². The van der Waals surface area contributed by atoms with Crippen LogP contribution in [0.25, 0.3) is 22.9 Å². The van der Waals surface area contributed by atoms with Crippen molar-refractivity contribution in [3.63, 3.8) is 0 Å². The topological polar surface area (TPSA) is 146 Å². The molecule has 5 rings (SSSR count). The van der Waals surface area contributed by atoms with Gasteiger partial charge in [0.25, 0.3) is 0 Å². The van der Waals surface area contributed by atoms with E-state index in [1.165, 1.54) is 17.1 Å². The second-order valence-corrected chi connectivity index (χ2v) is 10.3. The lowest BCUT2D eigenvalue weighted by molar-refractivity contribution is -0.117. The highest BCUT2D eigenvalue weighted by Crippen LogP contribution is 2.31. The minimum Gasteiger partial charge on any atom is -0.476 e. The van der Waals surface area contributed by atoms with Gasteiger partial charge in [-0.2, -0.15) is 4.68 Å². The number of tetrazole rings is 1. The van der Waals surface area contributed by atoms with Gasteiger partial charge in [0.1, 0.15) is 6.33 Å². The SMILES string of the molecule is CCOC(=O)Nc1ccc(-c2cc(C(Cc3ccccc3)NC(=O)/C=C/c3cc(Cl)ccc3-n3cnnn3)nnc2OCC)cc1. The van der Waals surface area contributed by atoms with Gasteiger partial charge in [0.2, 0.25) is 11.8 Å². The highest BCUT2D eigenvalue weighted by atomic mass is 35.5. The summed E-state index contributed by atoms with van der Waals surface area (Å²) in [6.07, 6.45) is 4.46. The quantitative estimate of drug-likeness (QED) is 0.161. The molecule has 3 aromatic carbocycles. The van der Waals surface area contributed by atoms with Gasteiger partial charge in [0.15, 0.2) is 0 Å². The number of halogens is 1. The van der Waals surface area contributed by atoms with Crippen molar-refractivity contribution in [2.24, 2.45) is 0 Å². The Bertz CT molecular complexity index is 1800. The summed E-state index contributed by atoms with van der Waals surface area (Å²) in [5.41, 5.74) is 4.89. The lowest BCUT2D eigenvalue weighted by Gasteiger charge is -2.19. The van der Waals surface area contributed by atoms with E-state index in [4.69, 9.17) is 21.1 Å². The van der Waals surface area contributed by atoms with Crippen LogP contribution >= 0.6 is 11.6 Å². The van der Waals surface area contributed by atoms with Gasteiger partial charge in [0.05, 0.1) is 30.6 Å². The van der Waals surface area contributed by atoms with E-state index in [9.17, 15) is 9.59 Å². The highest BCUT2D eigenvalue weighted by molar-refractivity contribution is 6.30. The zero-order chi connectivity index (χ0) is 32.3. The smallest absolute Gasteiger partial charge is 0.411 e. The third kappa shape index (κ3) is 8.30. The van der Waals surface area contributed by atoms with Gasteiger partial charge in [-0.15, -0.1) is 15.3 Å². The van der Waals surface area contributed by atoms with Crippen molar-refractivity contribution in [1.29, 1.82) is 0 Å². The summed E-state index contributed by atoms with van der Waals surface area (Å²) in [5, 5.41) is 26.4. The predicted molar refractivity (Wildman–Crippen MR) is 174 cm³/mol. The number of hydrogen-bond donors (Lipinski definition) is 2. The summed E-state index contributed by atoms with van der Waals surface area (Å²) in [6.45, 7) is 4.26. The van der Waals surface area contributed by atoms with Crippen LogP contribution in [0.5, 0.6) is 5.88 Å². The van der Waals surface area contributed by atoms with Crippen LogP contribution in [0.1, 0.15) is 36.7 Å². The summed E-state index contributed by atoms with van der Waals surface area (Å²) in [6, 6.07) is 23.5. The molecule has 12 nitrogen and oxygen atoms in total. The van der Waals surface area contributed by atoms with Crippen LogP contribution < -0.4 is 15.4 Å². The minimum atomic E-state index is -0.537. The first-order chi connectivity index (χ1) is 22.4. The van der Waals surface area contributed by atoms with Crippen molar-refractivity contribution in [2.75, 3.05) is 18.5 Å². The molecule has 1 atom stereocenters. The summed E-state index contributed by atoms with van der Waals surface area (Å²) in [4.78, 5) is 25.2. The number of nitrogens with zero attached hydrogens (tertiary/aromatic N) is 6. The van der Waals surface area contributed by atoms with Crippen LogP contribution in [0.2, 0.25) is 5.02 Å². The van der Waals surface area contributed by atoms with E-state index >= 15 is 0 Å². The Morgan fingerprint density at radius 2 is 1.78 bits per heavy atom. The molecule has 2 N–H and O–H groups in total. The maximum Gasteiger partial charge on any atom is 0.411 e. The third-order valence-corrected chi connectivity index (χ3v) is 6.97. The van der Waals surface area contributed by atoms with Crippen LogP contribution in [0.4, 0.5) is 10.5 Å². The van der Waals surface area contributed by atoms with Crippen molar-refractivity contribution in [2.45, 2.75) is 26.3 Å². The molecular formula is C33H31ClN8O4. The Morgan fingerprint density at radius 1 is 0.978 bits per heavy atom. The average molecular weight is 639 g/mol. The molecule has 5 aromatic rings. The Morgan fingerprint density at radius 3 is 2.50 bits per heavy atom. The minimum absolute atomic E-state index is 0.270. The number of carbonyl (C=O) groups is 2. The number of carbonyl (C=O) groups excluding carboxylic acids is 2. The van der Waals surface area contributed by atoms with Crippen LogP contribution in [-0.4, -0.2) is 55.6 Å². The number of anilines is 1. The molecule has 0 fully saturated rings. The number of nitrogens with one attached hydrogen (secondary N) is 2. The second-order valence-electron chi connectivity index (χ2n) is 9.89. The molecule has 2 amide bonds. The lowest BCUT2D eigenvalue weighted by atomic mass is 10.00. The Kier molecular flexibility index (Phi) is 10.6. The monoisotopic (exact) mass is 638 g/mol. The van der Waals surface area contributed by atoms with Crippen molar-refractivity contribution in [3.05, 3.63) is 113 Å². The zero-order valence-electron chi connectivity index (χ0n) is 25.1. The number of aromatic nitrogens is 6. The predicted octanol–water partition coefficient (Wildman–Crippen LogP) is 5.85. The fourth-order valence-electron chi connectivity index (χ4n) is 4.64. The highest BCUT2D eigenvalue weighted by Gasteiger charge is 2.20. The van der Waals surface area contributed by atoms with Crippen molar-refractivity contribution in [1.82, 2.24) is 35.7 Å². The van der Waals surface area contributed by atoms with Crippen molar-refractivity contribution < 1.29 is 19.1 Å². The van der Waals surface area contributed by atoms with Crippen molar-refractivity contribution in [3.8, 4) is 22.7 Å². The van der Waals surface area contributed by atoms with Crippen molar-refractivity contribution >= 4 is 35.4 Å². The number of ether oxygens (including phenoxy) is 2. The molecular weight excluding hydrogens is 608 g/mol. The van der Waals surface area contributed by atoms with Crippen LogP contribution in [0, 0.1) is 0 Å². The van der Waals surface area contributed by atoms with Crippen LogP contribution in [-0.2, 0) is 16.0 Å². The molecule has 2 aromatic heterocycles. The van der Waals surface area contributed by atoms with Crippen LogP contribution in [0.3, 0.4) is 0 Å². The van der Waals surface area contributed by atoms with Crippen LogP contribution in [0.15, 0.2) is 91.3 Å². The number of rotatable bonds is 12. The number of amides is 2. The van der Waals surface area contributed by atoms with E-state index in [0.29, 0.717) is 52.1 Å². The largest absolute Gasteiger partial charge is 0.476 e. The molecule has 0 saturated heterocycles. The van der Waals surface area contributed by atoms with Gasteiger partial charge in [-0.25, -0.2) is 4.79 Å². The van der Waals surface area contributed by atoms with Gasteiger partial charge >= 0.3 is 6.09 Å². The summed E-state index contributed by atoms with van der Waals surface area (Å²) in [7, 11) is 0. The van der Waals surface area contributed by atoms with E-state index in [-0.39, 0.29) is 12.5 Å². The Balaban J connectivity index is 1.44. The van der Waals surface area contributed by atoms with E-state index in [2.05, 4.69) is 36.4 Å². The molecule has 0 spiro atoms. The number of benzene rings is 3. The maximum absolute atomic E-state index is 13.4. The van der Waals surface area contributed by atoms with Gasteiger partial charge in [-0.05, 0) is 84.3 Å². The molecule has 0 aliphatic carbocycles. The molecule has 2 heterocycles. The van der Waals surface area contributed by atoms with Gasteiger partial charge in [-0.1, -0.05) is 54.1 Å². The van der Waals surface area contributed by atoms with E-state index in [1.807, 2.05) is 55.5 Å². The lowest BCUT2D eigenvalue weighted by Crippen LogP contribution is -2.29. The molecule has 46 heavy (non-hydrogen) atoms. The number of hydrogen-bond acceptors (Lipinski definition) is 9. The standard InChI is InChI=1S/C33H31ClN8O4/c1-3-45-32-27(23-10-14-26(15-11-23)36-33(44)46-4-2)20-29(38-39-32)28(18-22-8-6-5-7-9-22)37-31(43)17-12-24-19-25(34)13-16-30(24)42-21-35-40-41-42/h5-17,19-21,28H,3-4,18H2,1-2H3,(H,36,44)(H,37,43)/b17-12+. The van der Waals surface area contributed by atoms with E-state index in [0.717, 1.165) is 11.1 Å². The molecule has 234 valence electrons. The molecule has 1 unspecified atom stereocenters. The molecule has 0 bridgehead atoms. The fourth-order valence-corrected chi connectivity index (χ4v) is 4.82. The summed E-state index contributed by atoms with van der Waals surface area (Å²) in [5.74, 6) is -0.00618. The fraction of sp³-hybridized carbons (Fsp3) is 0.182. The molecule has 0 radical (unpaired) electrons. The molecule has 0 aliphatic heterocycles. The summed E-state index contributed by atoms with van der Waals surface area (Å²) >= 11 is 6.25. The third-order valence-electron chi connectivity index (χ3n) is 6.73. The average Bonchev–Trinajstić information content (AvgIpc) is 3.60. The Labute approximate surface area is 270 Å². The molecule has 0 saturated carbocycles. The second kappa shape index (κ2) is 15.4. The molecule has 13 heteroatoms. The maximum atomic E-state index is 13.4. The first-order valence-corrected chi connectivity index (χ1v) is 14.9. The Hall–Kier alpha value is -5.62. The first kappa shape index (κ1) is 31.8. The summed E-state index contributed by atoms with van der Waals surface area (Å²) < 4.78 is 12.3. The van der Waals surface area contributed by atoms with E-state index < -0.39 is 12.1 Å². The zero-order valence-corrected chi connectivity index (χ0v) is 25.9. The normalized spacial score (nSPS) is 11.6. The van der Waals surface area contributed by atoms with E-state index in [1.54, 1.807) is 43.3 Å². The van der Waals surface area contributed by atoms with Gasteiger partial charge < -0.3 is 14.8 Å².